The monoisotopic (exact) mass is 543 g/mol. The number of fused-ring (bicyclic) bond motifs is 3. The van der Waals surface area contributed by atoms with Gasteiger partial charge in [0.25, 0.3) is 0 Å². The Morgan fingerprint density at radius 2 is 1.83 bits per heavy atom. The Labute approximate surface area is 227 Å². The molecule has 1 N–H and O–H groups in total. The van der Waals surface area contributed by atoms with E-state index < -0.39 is 6.09 Å². The molecule has 1 amide bonds. The van der Waals surface area contributed by atoms with Gasteiger partial charge in [-0.15, -0.1) is 11.8 Å². The number of aromatic amines is 1. The minimum absolute atomic E-state index is 0.346. The Morgan fingerprint density at radius 3 is 2.42 bits per heavy atom. The van der Waals surface area contributed by atoms with E-state index >= 15 is 0 Å². The van der Waals surface area contributed by atoms with Crippen molar-refractivity contribution < 1.29 is 9.53 Å². The molecule has 1 aromatic heterocycles. The smallest absolute Gasteiger partial charge is 0.410 e. The van der Waals surface area contributed by atoms with E-state index in [9.17, 15) is 4.79 Å². The van der Waals surface area contributed by atoms with Gasteiger partial charge < -0.3 is 14.7 Å². The maximum Gasteiger partial charge on any atom is 0.416 e. The Kier molecular flexibility index (Phi) is 11.9. The molecule has 1 aliphatic rings. The fourth-order valence-electron chi connectivity index (χ4n) is 3.81. The Hall–Kier alpha value is -2.93. The number of carbonyl (C=O) groups is 1. The quantitative estimate of drug-likeness (QED) is 0.265. The third kappa shape index (κ3) is 7.53. The van der Waals surface area contributed by atoms with E-state index in [-0.39, 0.29) is 6.04 Å². The van der Waals surface area contributed by atoms with Gasteiger partial charge in [0.15, 0.2) is 0 Å². The Bertz CT molecular complexity index is 1240. The van der Waals surface area contributed by atoms with Crippen LogP contribution in [0.4, 0.5) is 4.79 Å². The lowest BCUT2D eigenvalue weighted by molar-refractivity contribution is 0.135. The van der Waals surface area contributed by atoms with E-state index in [4.69, 9.17) is 27.9 Å². The van der Waals surface area contributed by atoms with Gasteiger partial charge in [0.2, 0.25) is 0 Å². The largest absolute Gasteiger partial charge is 0.416 e. The van der Waals surface area contributed by atoms with Gasteiger partial charge in [0, 0.05) is 40.2 Å². The standard InChI is InChI=1S/C23H20Cl2N2O2.C3H6S.C2H5N/c1-3-4-14(2)22-21-18(19-13-16(25)7-10-20(19)26-21)11-12-27(22)23(28)29-17-8-5-15(24)6-9-17;1-3-4-2;1-3-2/h3-10,13,22,26H,2,11-12H2,1H3;3H,1H2,2H3;1H2,2H3/b4-3-;;. The first-order valence-corrected chi connectivity index (χ1v) is 13.2. The van der Waals surface area contributed by atoms with Gasteiger partial charge in [0.1, 0.15) is 11.8 Å². The van der Waals surface area contributed by atoms with E-state index in [1.54, 1.807) is 53.4 Å². The topological polar surface area (TPSA) is 57.7 Å². The van der Waals surface area contributed by atoms with Gasteiger partial charge in [-0.3, -0.25) is 4.90 Å². The number of carbonyl (C=O) groups excluding carboxylic acids is 1. The van der Waals surface area contributed by atoms with Gasteiger partial charge in [-0.1, -0.05) is 48.5 Å². The van der Waals surface area contributed by atoms with Crippen LogP contribution in [0.2, 0.25) is 10.0 Å². The number of H-pyrrole nitrogens is 1. The van der Waals surface area contributed by atoms with E-state index in [1.807, 2.05) is 43.5 Å². The lowest BCUT2D eigenvalue weighted by Gasteiger charge is -2.35. The summed E-state index contributed by atoms with van der Waals surface area (Å²) in [5, 5.41) is 4.15. The fourth-order valence-corrected chi connectivity index (χ4v) is 4.11. The van der Waals surface area contributed by atoms with E-state index in [2.05, 4.69) is 29.9 Å². The van der Waals surface area contributed by atoms with Gasteiger partial charge in [-0.2, -0.15) is 0 Å². The highest BCUT2D eigenvalue weighted by atomic mass is 35.5. The molecule has 5 nitrogen and oxygen atoms in total. The minimum atomic E-state index is -0.426. The number of nitrogens with one attached hydrogen (secondary N) is 1. The van der Waals surface area contributed by atoms with Crippen LogP contribution in [-0.2, 0) is 6.42 Å². The number of halogens is 2. The first kappa shape index (κ1) is 29.3. The third-order valence-corrected chi connectivity index (χ3v) is 6.06. The summed E-state index contributed by atoms with van der Waals surface area (Å²) in [6, 6.07) is 12.2. The molecule has 190 valence electrons. The molecule has 0 saturated heterocycles. The van der Waals surface area contributed by atoms with Crippen molar-refractivity contribution in [3.8, 4) is 5.75 Å². The Balaban J connectivity index is 0.000000583. The van der Waals surface area contributed by atoms with E-state index in [0.717, 1.165) is 27.7 Å². The van der Waals surface area contributed by atoms with Gasteiger partial charge in [-0.05, 0) is 85.3 Å². The summed E-state index contributed by atoms with van der Waals surface area (Å²) < 4.78 is 5.60. The number of hydrogen-bond acceptors (Lipinski definition) is 4. The highest BCUT2D eigenvalue weighted by molar-refractivity contribution is 8.01. The van der Waals surface area contributed by atoms with Crippen LogP contribution in [0.15, 0.2) is 83.7 Å². The number of benzene rings is 2. The SMILES string of the molecule is C=C(/C=C\C)C1c2[nH]c3ccc(Cl)cc3c2CCN1C(=O)Oc1ccc(Cl)cc1.C=CSC.C=NC. The number of rotatable bonds is 4. The molecular formula is C28H31Cl2N3O2S. The summed E-state index contributed by atoms with van der Waals surface area (Å²) in [4.78, 5) is 21.4. The minimum Gasteiger partial charge on any atom is -0.410 e. The summed E-state index contributed by atoms with van der Waals surface area (Å²) >= 11 is 13.7. The summed E-state index contributed by atoms with van der Waals surface area (Å²) in [7, 11) is 1.64. The second-order valence-corrected chi connectivity index (χ2v) is 9.35. The average Bonchev–Trinajstić information content (AvgIpc) is 3.23. The lowest BCUT2D eigenvalue weighted by atomic mass is 9.93. The summed E-state index contributed by atoms with van der Waals surface area (Å²) in [6.45, 7) is 13.2. The van der Waals surface area contributed by atoms with Crippen molar-refractivity contribution in [3.05, 3.63) is 100 Å². The third-order valence-electron chi connectivity index (χ3n) is 5.24. The van der Waals surface area contributed by atoms with Crippen LogP contribution >= 0.6 is 35.0 Å². The molecule has 4 rings (SSSR count). The van der Waals surface area contributed by atoms with Crippen LogP contribution < -0.4 is 4.74 Å². The average molecular weight is 545 g/mol. The van der Waals surface area contributed by atoms with Crippen LogP contribution in [0, 0.1) is 0 Å². The Morgan fingerprint density at radius 1 is 1.22 bits per heavy atom. The molecule has 2 heterocycles. The van der Waals surface area contributed by atoms with Crippen LogP contribution in [-0.4, -0.2) is 42.5 Å². The number of ether oxygens (including phenoxy) is 1. The summed E-state index contributed by atoms with van der Waals surface area (Å²) in [6.07, 6.45) is 6.09. The number of allylic oxidation sites excluding steroid dienone is 1. The maximum atomic E-state index is 13.0. The molecule has 36 heavy (non-hydrogen) atoms. The van der Waals surface area contributed by atoms with E-state index in [0.29, 0.717) is 28.8 Å². The number of amides is 1. The number of aromatic nitrogens is 1. The van der Waals surface area contributed by atoms with Crippen molar-refractivity contribution in [2.24, 2.45) is 4.99 Å². The van der Waals surface area contributed by atoms with Crippen LogP contribution in [0.25, 0.3) is 10.9 Å². The van der Waals surface area contributed by atoms with Crippen molar-refractivity contribution in [1.82, 2.24) is 9.88 Å². The molecule has 0 fully saturated rings. The molecule has 0 spiro atoms. The van der Waals surface area contributed by atoms with Crippen LogP contribution in [0.1, 0.15) is 24.2 Å². The molecule has 0 saturated carbocycles. The molecule has 0 aliphatic carbocycles. The normalized spacial score (nSPS) is 14.1. The summed E-state index contributed by atoms with van der Waals surface area (Å²) in [5.41, 5.74) is 3.91. The second-order valence-electron chi connectivity index (χ2n) is 7.67. The lowest BCUT2D eigenvalue weighted by Crippen LogP contribution is -2.42. The number of aliphatic imine (C=N–C) groups is 1. The molecule has 0 bridgehead atoms. The van der Waals surface area contributed by atoms with Gasteiger partial charge in [0.05, 0.1) is 0 Å². The predicted octanol–water partition coefficient (Wildman–Crippen LogP) is 8.51. The van der Waals surface area contributed by atoms with Crippen molar-refractivity contribution in [2.75, 3.05) is 19.8 Å². The predicted molar refractivity (Wildman–Crippen MR) is 157 cm³/mol. The molecule has 0 radical (unpaired) electrons. The van der Waals surface area contributed by atoms with E-state index in [1.165, 1.54) is 0 Å². The molecule has 1 aliphatic heterocycles. The fraction of sp³-hybridized carbons (Fsp3) is 0.214. The first-order chi connectivity index (χ1) is 17.3. The number of hydrogen-bond donors (Lipinski definition) is 1. The number of thioether (sulfide) groups is 1. The molecule has 1 atom stereocenters. The van der Waals surface area contributed by atoms with Gasteiger partial charge in [-0.25, -0.2) is 4.79 Å². The van der Waals surface area contributed by atoms with Gasteiger partial charge >= 0.3 is 6.09 Å². The van der Waals surface area contributed by atoms with Crippen LogP contribution in [0.3, 0.4) is 0 Å². The molecule has 2 aromatic carbocycles. The zero-order valence-corrected chi connectivity index (χ0v) is 23.1. The zero-order chi connectivity index (χ0) is 26.7. The molecule has 3 aromatic rings. The van der Waals surface area contributed by atoms with Crippen molar-refractivity contribution in [3.63, 3.8) is 0 Å². The van der Waals surface area contributed by atoms with Crippen LogP contribution in [0.5, 0.6) is 5.75 Å². The van der Waals surface area contributed by atoms with Crippen molar-refractivity contribution in [2.45, 2.75) is 19.4 Å². The molecule has 1 unspecified atom stereocenters. The molecule has 8 heteroatoms. The van der Waals surface area contributed by atoms with Crippen molar-refractivity contribution in [1.29, 1.82) is 0 Å². The van der Waals surface area contributed by atoms with Crippen molar-refractivity contribution >= 4 is 58.7 Å². The first-order valence-electron chi connectivity index (χ1n) is 11.1. The zero-order valence-electron chi connectivity index (χ0n) is 20.8. The second kappa shape index (κ2) is 14.6. The highest BCUT2D eigenvalue weighted by Gasteiger charge is 2.35. The number of nitrogens with zero attached hydrogens (tertiary/aromatic N) is 2. The summed E-state index contributed by atoms with van der Waals surface area (Å²) in [5.74, 6) is 0.448. The maximum absolute atomic E-state index is 13.0. The molecular weight excluding hydrogens is 513 g/mol. The highest BCUT2D eigenvalue weighted by Crippen LogP contribution is 2.39.